The number of para-hydroxylation sites is 1. The first-order valence-electron chi connectivity index (χ1n) is 11.3. The standard InChI is InChI=1S/C25H27N3O5S2/c1-2-20-11-9-10-16-23(20)26-25(29)24-19-27(34(30,31)21-12-5-3-6-13-21)17-18-28(24)35(32,33)22-14-7-4-8-15-22/h3-16,24H,2,17-19H2,1H3,(H,26,29)/t24-/m0/s1. The first-order chi connectivity index (χ1) is 16.7. The highest BCUT2D eigenvalue weighted by atomic mass is 32.2. The summed E-state index contributed by atoms with van der Waals surface area (Å²) in [6, 6.07) is 21.8. The van der Waals surface area contributed by atoms with Crippen LogP contribution in [-0.2, 0) is 31.3 Å². The monoisotopic (exact) mass is 513 g/mol. The maximum atomic E-state index is 13.5. The van der Waals surface area contributed by atoms with E-state index >= 15 is 0 Å². The lowest BCUT2D eigenvalue weighted by Crippen LogP contribution is -2.60. The fourth-order valence-corrected chi connectivity index (χ4v) is 7.15. The third kappa shape index (κ3) is 5.15. The van der Waals surface area contributed by atoms with Gasteiger partial charge in [0.25, 0.3) is 0 Å². The average Bonchev–Trinajstić information content (AvgIpc) is 2.89. The molecule has 0 aliphatic carbocycles. The number of nitrogens with zero attached hydrogens (tertiary/aromatic N) is 2. The van der Waals surface area contributed by atoms with Crippen molar-refractivity contribution < 1.29 is 21.6 Å². The van der Waals surface area contributed by atoms with Crippen molar-refractivity contribution in [1.82, 2.24) is 8.61 Å². The minimum absolute atomic E-state index is 0.0473. The highest BCUT2D eigenvalue weighted by Crippen LogP contribution is 2.26. The van der Waals surface area contributed by atoms with E-state index in [-0.39, 0.29) is 29.4 Å². The second-order valence-electron chi connectivity index (χ2n) is 8.12. The highest BCUT2D eigenvalue weighted by Gasteiger charge is 2.43. The number of amides is 1. The van der Waals surface area contributed by atoms with Crippen LogP contribution in [0.1, 0.15) is 12.5 Å². The van der Waals surface area contributed by atoms with Gasteiger partial charge in [0.15, 0.2) is 0 Å². The summed E-state index contributed by atoms with van der Waals surface area (Å²) in [4.78, 5) is 13.6. The van der Waals surface area contributed by atoms with Gasteiger partial charge in [0.05, 0.1) is 9.79 Å². The Balaban J connectivity index is 1.70. The molecule has 35 heavy (non-hydrogen) atoms. The van der Waals surface area contributed by atoms with Crippen molar-refractivity contribution in [3.8, 4) is 0 Å². The number of hydrogen-bond donors (Lipinski definition) is 1. The van der Waals surface area contributed by atoms with Crippen LogP contribution in [0.2, 0.25) is 0 Å². The van der Waals surface area contributed by atoms with E-state index < -0.39 is 32.0 Å². The molecule has 0 bridgehead atoms. The number of benzene rings is 3. The summed E-state index contributed by atoms with van der Waals surface area (Å²) in [5, 5.41) is 2.83. The van der Waals surface area contributed by atoms with Crippen molar-refractivity contribution in [2.24, 2.45) is 0 Å². The van der Waals surface area contributed by atoms with E-state index in [1.165, 1.54) is 28.6 Å². The van der Waals surface area contributed by atoms with Crippen LogP contribution in [0.4, 0.5) is 5.69 Å². The molecule has 3 aromatic rings. The highest BCUT2D eigenvalue weighted by molar-refractivity contribution is 7.89. The number of carbonyl (C=O) groups is 1. The molecule has 1 amide bonds. The van der Waals surface area contributed by atoms with Crippen LogP contribution in [0.15, 0.2) is 94.7 Å². The summed E-state index contributed by atoms with van der Waals surface area (Å²) in [6.07, 6.45) is 0.668. The molecule has 1 aliphatic rings. The molecule has 4 rings (SSSR count). The maximum absolute atomic E-state index is 13.5. The van der Waals surface area contributed by atoms with E-state index in [9.17, 15) is 21.6 Å². The third-order valence-corrected chi connectivity index (χ3v) is 9.79. The van der Waals surface area contributed by atoms with Crippen LogP contribution in [0.5, 0.6) is 0 Å². The Labute approximate surface area is 206 Å². The average molecular weight is 514 g/mol. The van der Waals surface area contributed by atoms with E-state index in [0.29, 0.717) is 12.1 Å². The Bertz CT molecular complexity index is 1400. The second-order valence-corrected chi connectivity index (χ2v) is 11.9. The molecule has 1 fully saturated rings. The Morgan fingerprint density at radius 1 is 0.800 bits per heavy atom. The van der Waals surface area contributed by atoms with Crippen molar-refractivity contribution >= 4 is 31.6 Å². The van der Waals surface area contributed by atoms with E-state index in [1.54, 1.807) is 48.5 Å². The van der Waals surface area contributed by atoms with E-state index in [2.05, 4.69) is 5.32 Å². The van der Waals surface area contributed by atoms with Crippen LogP contribution in [0.3, 0.4) is 0 Å². The largest absolute Gasteiger partial charge is 0.324 e. The number of aryl methyl sites for hydroxylation is 1. The number of anilines is 1. The van der Waals surface area contributed by atoms with Crippen LogP contribution in [0.25, 0.3) is 0 Å². The zero-order chi connectivity index (χ0) is 25.1. The molecule has 3 aromatic carbocycles. The van der Waals surface area contributed by atoms with Crippen LogP contribution >= 0.6 is 0 Å². The number of piperazine rings is 1. The van der Waals surface area contributed by atoms with Gasteiger partial charge in [-0.3, -0.25) is 4.79 Å². The first-order valence-corrected chi connectivity index (χ1v) is 14.1. The minimum atomic E-state index is -4.05. The number of nitrogens with one attached hydrogen (secondary N) is 1. The van der Waals surface area contributed by atoms with Crippen LogP contribution in [-0.4, -0.2) is 57.0 Å². The van der Waals surface area contributed by atoms with Crippen molar-refractivity contribution in [1.29, 1.82) is 0 Å². The van der Waals surface area contributed by atoms with Gasteiger partial charge in [-0.2, -0.15) is 8.61 Å². The molecule has 8 nitrogen and oxygen atoms in total. The maximum Gasteiger partial charge on any atom is 0.244 e. The van der Waals surface area contributed by atoms with Gasteiger partial charge >= 0.3 is 0 Å². The summed E-state index contributed by atoms with van der Waals surface area (Å²) in [5.41, 5.74) is 1.46. The molecule has 0 radical (unpaired) electrons. The quantitative estimate of drug-likeness (QED) is 0.523. The minimum Gasteiger partial charge on any atom is -0.324 e. The first kappa shape index (κ1) is 25.1. The van der Waals surface area contributed by atoms with Crippen LogP contribution < -0.4 is 5.32 Å². The van der Waals surface area contributed by atoms with Crippen molar-refractivity contribution in [3.63, 3.8) is 0 Å². The lowest BCUT2D eigenvalue weighted by molar-refractivity contribution is -0.120. The fraction of sp³-hybridized carbons (Fsp3) is 0.240. The van der Waals surface area contributed by atoms with E-state index in [0.717, 1.165) is 9.87 Å². The SMILES string of the molecule is CCc1ccccc1NC(=O)[C@@H]1CN(S(=O)(=O)c2ccccc2)CCN1S(=O)(=O)c1ccccc1. The molecular formula is C25H27N3O5S2. The van der Waals surface area contributed by atoms with Crippen molar-refractivity contribution in [2.45, 2.75) is 29.2 Å². The smallest absolute Gasteiger partial charge is 0.244 e. The summed E-state index contributed by atoms with van der Waals surface area (Å²) in [7, 11) is -7.96. The summed E-state index contributed by atoms with van der Waals surface area (Å²) in [5.74, 6) is -0.585. The Morgan fingerprint density at radius 2 is 1.34 bits per heavy atom. The van der Waals surface area contributed by atoms with Gasteiger partial charge in [0, 0.05) is 25.3 Å². The van der Waals surface area contributed by atoms with Gasteiger partial charge in [-0.25, -0.2) is 16.8 Å². The fourth-order valence-electron chi connectivity index (χ4n) is 4.10. The molecule has 184 valence electrons. The zero-order valence-electron chi connectivity index (χ0n) is 19.2. The van der Waals surface area contributed by atoms with Gasteiger partial charge in [0.1, 0.15) is 6.04 Å². The molecule has 1 aliphatic heterocycles. The van der Waals surface area contributed by atoms with Crippen LogP contribution in [0, 0.1) is 0 Å². The summed E-state index contributed by atoms with van der Waals surface area (Å²) >= 11 is 0. The zero-order valence-corrected chi connectivity index (χ0v) is 20.9. The van der Waals surface area contributed by atoms with Gasteiger partial charge in [-0.05, 0) is 42.3 Å². The molecule has 0 aromatic heterocycles. The number of hydrogen-bond acceptors (Lipinski definition) is 5. The molecule has 1 N–H and O–H groups in total. The molecular weight excluding hydrogens is 486 g/mol. The summed E-state index contributed by atoms with van der Waals surface area (Å²) < 4.78 is 55.8. The number of rotatable bonds is 7. The number of carbonyl (C=O) groups excluding carboxylic acids is 1. The van der Waals surface area contributed by atoms with Gasteiger partial charge < -0.3 is 5.32 Å². The van der Waals surface area contributed by atoms with Crippen molar-refractivity contribution in [3.05, 3.63) is 90.5 Å². The number of sulfonamides is 2. The van der Waals surface area contributed by atoms with Crippen molar-refractivity contribution in [2.75, 3.05) is 25.0 Å². The molecule has 0 unspecified atom stereocenters. The van der Waals surface area contributed by atoms with E-state index in [1.807, 2.05) is 19.1 Å². The lowest BCUT2D eigenvalue weighted by atomic mass is 10.1. The Hall–Kier alpha value is -3.05. The molecule has 0 saturated carbocycles. The van der Waals surface area contributed by atoms with Gasteiger partial charge in [-0.1, -0.05) is 61.5 Å². The molecule has 1 heterocycles. The topological polar surface area (TPSA) is 104 Å². The molecule has 0 spiro atoms. The van der Waals surface area contributed by atoms with Gasteiger partial charge in [-0.15, -0.1) is 0 Å². The second kappa shape index (κ2) is 10.3. The molecule has 1 saturated heterocycles. The molecule has 10 heteroatoms. The lowest BCUT2D eigenvalue weighted by Gasteiger charge is -2.39. The Morgan fingerprint density at radius 3 is 1.94 bits per heavy atom. The van der Waals surface area contributed by atoms with E-state index in [4.69, 9.17) is 0 Å². The summed E-state index contributed by atoms with van der Waals surface area (Å²) in [6.45, 7) is 1.42. The molecule has 1 atom stereocenters. The normalized spacial score (nSPS) is 17.7. The Kier molecular flexibility index (Phi) is 7.36. The third-order valence-electron chi connectivity index (χ3n) is 5.98. The van der Waals surface area contributed by atoms with Gasteiger partial charge in [0.2, 0.25) is 26.0 Å². The predicted octanol–water partition coefficient (Wildman–Crippen LogP) is 2.95. The predicted molar refractivity (Wildman–Crippen MR) is 134 cm³/mol.